The van der Waals surface area contributed by atoms with E-state index < -0.39 is 0 Å². The Bertz CT molecular complexity index is 1400. The molecule has 170 valence electrons. The van der Waals surface area contributed by atoms with Gasteiger partial charge in [0.25, 0.3) is 5.91 Å². The van der Waals surface area contributed by atoms with Crippen molar-refractivity contribution in [3.05, 3.63) is 112 Å². The fourth-order valence-corrected chi connectivity index (χ4v) is 4.63. The highest BCUT2D eigenvalue weighted by atomic mass is 32.1. The molecule has 5 nitrogen and oxygen atoms in total. The number of furan rings is 1. The van der Waals surface area contributed by atoms with Crippen LogP contribution in [0.4, 0.5) is 5.13 Å². The van der Waals surface area contributed by atoms with Crippen LogP contribution in [0.25, 0.3) is 11.0 Å². The number of fused-ring (bicyclic) bond motifs is 1. The van der Waals surface area contributed by atoms with Crippen LogP contribution in [0.1, 0.15) is 39.0 Å². The molecule has 3 aromatic carbocycles. The van der Waals surface area contributed by atoms with E-state index in [-0.39, 0.29) is 18.3 Å². The van der Waals surface area contributed by atoms with E-state index in [2.05, 4.69) is 41.5 Å². The van der Waals surface area contributed by atoms with E-state index in [1.165, 1.54) is 22.5 Å². The maximum absolute atomic E-state index is 13.2. The smallest absolute Gasteiger partial charge is 0.293 e. The molecule has 34 heavy (non-hydrogen) atoms. The Labute approximate surface area is 202 Å². The fraction of sp³-hybridized carbons (Fsp3) is 0.143. The van der Waals surface area contributed by atoms with Gasteiger partial charge in [-0.3, -0.25) is 10.1 Å². The average Bonchev–Trinajstić information content (AvgIpc) is 3.48. The highest BCUT2D eigenvalue weighted by molar-refractivity contribution is 7.15. The van der Waals surface area contributed by atoms with Crippen LogP contribution >= 0.6 is 11.3 Å². The molecule has 2 aromatic heterocycles. The Balaban J connectivity index is 1.33. The van der Waals surface area contributed by atoms with E-state index >= 15 is 0 Å². The maximum atomic E-state index is 13.2. The van der Waals surface area contributed by atoms with Crippen LogP contribution in [0, 0.1) is 0 Å². The second-order valence-corrected chi connectivity index (χ2v) is 9.06. The summed E-state index contributed by atoms with van der Waals surface area (Å²) in [7, 11) is 0. The maximum Gasteiger partial charge on any atom is 0.293 e. The molecule has 2 heterocycles. The van der Waals surface area contributed by atoms with Gasteiger partial charge in [-0.25, -0.2) is 4.98 Å². The Morgan fingerprint density at radius 3 is 2.50 bits per heavy atom. The lowest BCUT2D eigenvalue weighted by atomic mass is 10.1. The minimum atomic E-state index is -0.337. The highest BCUT2D eigenvalue weighted by Gasteiger charge is 2.22. The van der Waals surface area contributed by atoms with Gasteiger partial charge in [-0.05, 0) is 35.7 Å². The van der Waals surface area contributed by atoms with Crippen LogP contribution < -0.4 is 10.1 Å². The molecule has 0 fully saturated rings. The van der Waals surface area contributed by atoms with Gasteiger partial charge in [-0.15, -0.1) is 11.3 Å². The van der Waals surface area contributed by atoms with Gasteiger partial charge in [0, 0.05) is 28.4 Å². The number of nitrogens with zero attached hydrogens (tertiary/aromatic N) is 1. The summed E-state index contributed by atoms with van der Waals surface area (Å²) < 4.78 is 11.9. The minimum absolute atomic E-state index is 0.223. The van der Waals surface area contributed by atoms with Crippen LogP contribution in [0.5, 0.6) is 5.75 Å². The van der Waals surface area contributed by atoms with Crippen LogP contribution in [-0.4, -0.2) is 10.9 Å². The molecule has 5 rings (SSSR count). The van der Waals surface area contributed by atoms with E-state index in [0.29, 0.717) is 16.3 Å². The molecule has 0 saturated heterocycles. The molecule has 0 saturated carbocycles. The largest absolute Gasteiger partial charge is 0.489 e. The SMILES string of the molecule is CCc1ccc(Cc2cnc(NC(=O)c3oc4ccccc4c3COc3ccccc3)s2)cc1. The minimum Gasteiger partial charge on any atom is -0.489 e. The molecule has 0 spiro atoms. The molecule has 5 aromatic rings. The third-order valence-electron chi connectivity index (χ3n) is 5.61. The number of carbonyl (C=O) groups excluding carboxylic acids is 1. The first-order valence-corrected chi connectivity index (χ1v) is 12.0. The molecule has 0 aliphatic heterocycles. The fourth-order valence-electron chi connectivity index (χ4n) is 3.79. The zero-order chi connectivity index (χ0) is 23.3. The molecule has 0 atom stereocenters. The number of amides is 1. The molecule has 1 N–H and O–H groups in total. The number of nitrogens with one attached hydrogen (secondary N) is 1. The normalized spacial score (nSPS) is 11.0. The quantitative estimate of drug-likeness (QED) is 0.270. The number of benzene rings is 3. The molecule has 0 bridgehead atoms. The number of aromatic nitrogens is 1. The Hall–Kier alpha value is -3.90. The standard InChI is InChI=1S/C28H24N2O3S/c1-2-19-12-14-20(15-13-19)16-22-17-29-28(34-22)30-27(31)26-24(18-32-21-8-4-3-5-9-21)23-10-6-7-11-25(23)33-26/h3-15,17H,2,16,18H2,1H3,(H,29,30,31). The van der Waals surface area contributed by atoms with Gasteiger partial charge < -0.3 is 9.15 Å². The van der Waals surface area contributed by atoms with Gasteiger partial charge in [0.2, 0.25) is 0 Å². The summed E-state index contributed by atoms with van der Waals surface area (Å²) in [4.78, 5) is 18.6. The summed E-state index contributed by atoms with van der Waals surface area (Å²) >= 11 is 1.47. The number of hydrogen-bond donors (Lipinski definition) is 1. The van der Waals surface area contributed by atoms with E-state index in [1.807, 2.05) is 60.8 Å². The number of para-hydroxylation sites is 2. The predicted molar refractivity (Wildman–Crippen MR) is 136 cm³/mol. The first-order chi connectivity index (χ1) is 16.7. The summed E-state index contributed by atoms with van der Waals surface area (Å²) in [6.45, 7) is 2.37. The molecule has 0 radical (unpaired) electrons. The third-order valence-corrected chi connectivity index (χ3v) is 6.53. The van der Waals surface area contributed by atoms with Crippen LogP contribution in [0.3, 0.4) is 0 Å². The summed E-state index contributed by atoms with van der Waals surface area (Å²) in [6, 6.07) is 25.7. The van der Waals surface area contributed by atoms with Crippen molar-refractivity contribution in [2.24, 2.45) is 0 Å². The number of hydrogen-bond acceptors (Lipinski definition) is 5. The number of anilines is 1. The lowest BCUT2D eigenvalue weighted by molar-refractivity contribution is 0.0995. The lowest BCUT2D eigenvalue weighted by Gasteiger charge is -2.07. The Morgan fingerprint density at radius 1 is 0.971 bits per heavy atom. The highest BCUT2D eigenvalue weighted by Crippen LogP contribution is 2.29. The first kappa shape index (κ1) is 21.9. The zero-order valence-electron chi connectivity index (χ0n) is 18.8. The summed E-state index contributed by atoms with van der Waals surface area (Å²) in [5, 5.41) is 4.30. The van der Waals surface area contributed by atoms with Gasteiger partial charge in [-0.1, -0.05) is 67.6 Å². The molecule has 0 aliphatic carbocycles. The second-order valence-electron chi connectivity index (χ2n) is 7.94. The lowest BCUT2D eigenvalue weighted by Crippen LogP contribution is -2.13. The van der Waals surface area contributed by atoms with Crippen molar-refractivity contribution in [3.63, 3.8) is 0 Å². The van der Waals surface area contributed by atoms with Gasteiger partial charge >= 0.3 is 0 Å². The molecule has 0 unspecified atom stereocenters. The monoisotopic (exact) mass is 468 g/mol. The van der Waals surface area contributed by atoms with E-state index in [4.69, 9.17) is 9.15 Å². The number of rotatable bonds is 8. The van der Waals surface area contributed by atoms with Crippen molar-refractivity contribution in [2.45, 2.75) is 26.4 Å². The van der Waals surface area contributed by atoms with Crippen LogP contribution in [0.15, 0.2) is 89.5 Å². The van der Waals surface area contributed by atoms with Crippen LogP contribution in [0.2, 0.25) is 0 Å². The Kier molecular flexibility index (Phi) is 6.40. The van der Waals surface area contributed by atoms with Gasteiger partial charge in [0.15, 0.2) is 10.9 Å². The summed E-state index contributed by atoms with van der Waals surface area (Å²) in [5.41, 5.74) is 3.90. The van der Waals surface area contributed by atoms with Crippen molar-refractivity contribution in [1.82, 2.24) is 4.98 Å². The first-order valence-electron chi connectivity index (χ1n) is 11.2. The topological polar surface area (TPSA) is 64.4 Å². The second kappa shape index (κ2) is 9.93. The van der Waals surface area contributed by atoms with E-state index in [9.17, 15) is 4.79 Å². The molecular formula is C28H24N2O3S. The van der Waals surface area contributed by atoms with Gasteiger partial charge in [0.1, 0.15) is 17.9 Å². The Morgan fingerprint density at radius 2 is 1.71 bits per heavy atom. The predicted octanol–water partition coefficient (Wildman–Crippen LogP) is 6.87. The number of thiazole rings is 1. The summed E-state index contributed by atoms with van der Waals surface area (Å²) in [5.74, 6) is 0.635. The van der Waals surface area contributed by atoms with Crippen molar-refractivity contribution in [1.29, 1.82) is 0 Å². The van der Waals surface area contributed by atoms with Crippen molar-refractivity contribution in [2.75, 3.05) is 5.32 Å². The molecule has 6 heteroatoms. The third kappa shape index (κ3) is 4.87. The van der Waals surface area contributed by atoms with Gasteiger partial charge in [-0.2, -0.15) is 0 Å². The summed E-state index contributed by atoms with van der Waals surface area (Å²) in [6.07, 6.45) is 3.61. The van der Waals surface area contributed by atoms with Crippen LogP contribution in [-0.2, 0) is 19.4 Å². The molecule has 1 amide bonds. The number of carbonyl (C=O) groups is 1. The van der Waals surface area contributed by atoms with E-state index in [1.54, 1.807) is 0 Å². The number of ether oxygens (including phenoxy) is 1. The molecule has 0 aliphatic rings. The van der Waals surface area contributed by atoms with Crippen molar-refractivity contribution in [3.8, 4) is 5.75 Å². The molecular weight excluding hydrogens is 444 g/mol. The number of aryl methyl sites for hydroxylation is 1. The van der Waals surface area contributed by atoms with Gasteiger partial charge in [0.05, 0.1) is 0 Å². The zero-order valence-corrected chi connectivity index (χ0v) is 19.6. The van der Waals surface area contributed by atoms with Crippen molar-refractivity contribution >= 4 is 33.3 Å². The van der Waals surface area contributed by atoms with E-state index in [0.717, 1.165) is 28.9 Å². The van der Waals surface area contributed by atoms with Crippen molar-refractivity contribution < 1.29 is 13.9 Å². The average molecular weight is 469 g/mol.